The Labute approximate surface area is 224 Å². The van der Waals surface area contributed by atoms with E-state index in [-0.39, 0.29) is 37.7 Å². The van der Waals surface area contributed by atoms with Gasteiger partial charge in [0.1, 0.15) is 6.04 Å². The lowest BCUT2D eigenvalue weighted by atomic mass is 10.1. The predicted molar refractivity (Wildman–Crippen MR) is 147 cm³/mol. The summed E-state index contributed by atoms with van der Waals surface area (Å²) in [6.07, 6.45) is 3.66. The maximum Gasteiger partial charge on any atom is 0.242 e. The fourth-order valence-electron chi connectivity index (χ4n) is 3.88. The van der Waals surface area contributed by atoms with Crippen LogP contribution in [0.2, 0.25) is 10.0 Å². The molecule has 10 heteroatoms. The number of carbonyl (C=O) groups excluding carboxylic acids is 2. The Kier molecular flexibility index (Phi) is 12.0. The molecule has 36 heavy (non-hydrogen) atoms. The minimum Gasteiger partial charge on any atom is -0.354 e. The zero-order valence-corrected chi connectivity index (χ0v) is 23.4. The molecule has 2 amide bonds. The molecular formula is C26H35Cl2N3O4S. The zero-order valence-electron chi connectivity index (χ0n) is 21.0. The second kappa shape index (κ2) is 14.4. The van der Waals surface area contributed by atoms with Gasteiger partial charge < -0.3 is 10.2 Å². The fraction of sp³-hybridized carbons (Fsp3) is 0.462. The summed E-state index contributed by atoms with van der Waals surface area (Å²) in [6, 6.07) is 13.1. The van der Waals surface area contributed by atoms with Crippen molar-refractivity contribution in [3.05, 3.63) is 64.1 Å². The highest BCUT2D eigenvalue weighted by Crippen LogP contribution is 2.27. The van der Waals surface area contributed by atoms with Gasteiger partial charge in [0, 0.05) is 41.7 Å². The van der Waals surface area contributed by atoms with Crippen molar-refractivity contribution in [1.82, 2.24) is 10.2 Å². The average molecular weight is 557 g/mol. The molecule has 2 aromatic carbocycles. The molecule has 0 saturated carbocycles. The monoisotopic (exact) mass is 555 g/mol. The van der Waals surface area contributed by atoms with Crippen molar-refractivity contribution in [3.8, 4) is 0 Å². The van der Waals surface area contributed by atoms with Crippen LogP contribution in [0.4, 0.5) is 5.69 Å². The Hall–Kier alpha value is -2.29. The van der Waals surface area contributed by atoms with E-state index in [9.17, 15) is 18.0 Å². The van der Waals surface area contributed by atoms with Gasteiger partial charge in [0.15, 0.2) is 0 Å². The quantitative estimate of drug-likeness (QED) is 0.322. The highest BCUT2D eigenvalue weighted by atomic mass is 35.5. The Bertz CT molecular complexity index is 1090. The lowest BCUT2D eigenvalue weighted by molar-refractivity contribution is -0.141. The molecule has 1 N–H and O–H groups in total. The van der Waals surface area contributed by atoms with Gasteiger partial charge in [-0.2, -0.15) is 0 Å². The third-order valence-electron chi connectivity index (χ3n) is 5.80. The Morgan fingerprint density at radius 1 is 0.972 bits per heavy atom. The van der Waals surface area contributed by atoms with Gasteiger partial charge in [-0.3, -0.25) is 13.9 Å². The van der Waals surface area contributed by atoms with Crippen molar-refractivity contribution in [2.45, 2.75) is 58.5 Å². The molecule has 0 fully saturated rings. The number of para-hydroxylation sites is 1. The van der Waals surface area contributed by atoms with Crippen LogP contribution in [0.15, 0.2) is 48.5 Å². The summed E-state index contributed by atoms with van der Waals surface area (Å²) in [5, 5.41) is 3.74. The topological polar surface area (TPSA) is 86.8 Å². The number of unbranched alkanes of at least 4 members (excludes halogenated alkanes) is 1. The van der Waals surface area contributed by atoms with Crippen LogP contribution in [-0.4, -0.2) is 50.5 Å². The average Bonchev–Trinajstić information content (AvgIpc) is 2.83. The summed E-state index contributed by atoms with van der Waals surface area (Å²) in [4.78, 5) is 28.0. The van der Waals surface area contributed by atoms with E-state index in [0.29, 0.717) is 34.3 Å². The number of hydrogen-bond acceptors (Lipinski definition) is 4. The highest BCUT2D eigenvalue weighted by Gasteiger charge is 2.29. The van der Waals surface area contributed by atoms with E-state index in [1.165, 1.54) is 9.21 Å². The number of carbonyl (C=O) groups is 2. The standard InChI is InChI=1S/C26H35Cl2N3O4S/c1-4-6-17-29-26(33)24(5-2)30(19-21-22(27)14-10-15-23(21)28)25(32)16-11-18-31(36(3,34)35)20-12-8-7-9-13-20/h7-10,12-15,24H,4-6,11,16-19H2,1-3H3,(H,29,33)/t24-/m1/s1. The number of rotatable bonds is 14. The van der Waals surface area contributed by atoms with Gasteiger partial charge in [-0.25, -0.2) is 8.42 Å². The first-order valence-corrected chi connectivity index (χ1v) is 14.7. The van der Waals surface area contributed by atoms with E-state index in [1.54, 1.807) is 42.5 Å². The van der Waals surface area contributed by atoms with E-state index in [4.69, 9.17) is 23.2 Å². The third kappa shape index (κ3) is 8.68. The maximum atomic E-state index is 13.5. The predicted octanol–water partition coefficient (Wildman–Crippen LogP) is 5.26. The van der Waals surface area contributed by atoms with Crippen LogP contribution in [0.1, 0.15) is 51.5 Å². The minimum absolute atomic E-state index is 0.0552. The number of halogens is 2. The lowest BCUT2D eigenvalue weighted by Gasteiger charge is -2.31. The Morgan fingerprint density at radius 3 is 2.17 bits per heavy atom. The molecule has 0 radical (unpaired) electrons. The molecule has 0 aliphatic carbocycles. The molecule has 0 unspecified atom stereocenters. The number of nitrogens with zero attached hydrogens (tertiary/aromatic N) is 2. The third-order valence-corrected chi connectivity index (χ3v) is 7.70. The molecule has 0 saturated heterocycles. The zero-order chi connectivity index (χ0) is 26.7. The summed E-state index contributed by atoms with van der Waals surface area (Å²) >= 11 is 12.8. The van der Waals surface area contributed by atoms with Crippen LogP contribution in [0, 0.1) is 0 Å². The van der Waals surface area contributed by atoms with Crippen LogP contribution in [0.25, 0.3) is 0 Å². The van der Waals surface area contributed by atoms with Gasteiger partial charge in [0.25, 0.3) is 0 Å². The fourth-order valence-corrected chi connectivity index (χ4v) is 5.36. The molecule has 7 nitrogen and oxygen atoms in total. The van der Waals surface area contributed by atoms with Gasteiger partial charge in [-0.1, -0.05) is 67.7 Å². The highest BCUT2D eigenvalue weighted by molar-refractivity contribution is 7.92. The van der Waals surface area contributed by atoms with E-state index in [2.05, 4.69) is 5.32 Å². The van der Waals surface area contributed by atoms with E-state index in [0.717, 1.165) is 19.1 Å². The van der Waals surface area contributed by atoms with Crippen molar-refractivity contribution in [2.24, 2.45) is 0 Å². The van der Waals surface area contributed by atoms with Gasteiger partial charge >= 0.3 is 0 Å². The smallest absolute Gasteiger partial charge is 0.242 e. The van der Waals surface area contributed by atoms with Crippen LogP contribution in [0.3, 0.4) is 0 Å². The van der Waals surface area contributed by atoms with E-state index in [1.807, 2.05) is 19.9 Å². The van der Waals surface area contributed by atoms with E-state index >= 15 is 0 Å². The number of hydrogen-bond donors (Lipinski definition) is 1. The summed E-state index contributed by atoms with van der Waals surface area (Å²) in [7, 11) is -3.53. The molecule has 0 spiro atoms. The molecule has 0 aliphatic rings. The van der Waals surface area contributed by atoms with Gasteiger partial charge in [-0.15, -0.1) is 0 Å². The van der Waals surface area contributed by atoms with Gasteiger partial charge in [-0.05, 0) is 43.5 Å². The van der Waals surface area contributed by atoms with E-state index < -0.39 is 16.1 Å². The normalized spacial score (nSPS) is 12.1. The lowest BCUT2D eigenvalue weighted by Crippen LogP contribution is -2.49. The molecule has 0 heterocycles. The van der Waals surface area contributed by atoms with Crippen molar-refractivity contribution >= 4 is 50.7 Å². The summed E-state index contributed by atoms with van der Waals surface area (Å²) in [5.41, 5.74) is 1.10. The molecule has 2 aromatic rings. The first-order chi connectivity index (χ1) is 17.1. The largest absolute Gasteiger partial charge is 0.354 e. The Morgan fingerprint density at radius 2 is 1.61 bits per heavy atom. The van der Waals surface area contributed by atoms with Crippen LogP contribution in [0.5, 0.6) is 0 Å². The Balaban J connectivity index is 2.24. The number of benzene rings is 2. The molecular weight excluding hydrogens is 521 g/mol. The number of amides is 2. The molecule has 1 atom stereocenters. The number of sulfonamides is 1. The molecule has 0 aliphatic heterocycles. The first-order valence-electron chi connectivity index (χ1n) is 12.1. The van der Waals surface area contributed by atoms with Crippen molar-refractivity contribution in [1.29, 1.82) is 0 Å². The SMILES string of the molecule is CCCCNC(=O)[C@@H](CC)N(Cc1c(Cl)cccc1Cl)C(=O)CCCN(c1ccccc1)S(C)(=O)=O. The second-order valence-electron chi connectivity index (χ2n) is 8.56. The molecule has 0 bridgehead atoms. The van der Waals surface area contributed by atoms with Crippen LogP contribution >= 0.6 is 23.2 Å². The van der Waals surface area contributed by atoms with Gasteiger partial charge in [0.2, 0.25) is 21.8 Å². The first kappa shape index (κ1) is 29.9. The number of anilines is 1. The summed E-state index contributed by atoms with van der Waals surface area (Å²) < 4.78 is 26.0. The van der Waals surface area contributed by atoms with Crippen molar-refractivity contribution in [3.63, 3.8) is 0 Å². The summed E-state index contributed by atoms with van der Waals surface area (Å²) in [6.45, 7) is 4.62. The van der Waals surface area contributed by atoms with Crippen LogP contribution in [-0.2, 0) is 26.2 Å². The van der Waals surface area contributed by atoms with Crippen LogP contribution < -0.4 is 9.62 Å². The number of nitrogens with one attached hydrogen (secondary N) is 1. The molecule has 2 rings (SSSR count). The van der Waals surface area contributed by atoms with Gasteiger partial charge in [0.05, 0.1) is 11.9 Å². The summed E-state index contributed by atoms with van der Waals surface area (Å²) in [5.74, 6) is -0.505. The molecule has 0 aromatic heterocycles. The maximum absolute atomic E-state index is 13.5. The minimum atomic E-state index is -3.53. The molecule has 198 valence electrons. The second-order valence-corrected chi connectivity index (χ2v) is 11.3. The van der Waals surface area contributed by atoms with Crippen molar-refractivity contribution < 1.29 is 18.0 Å². The van der Waals surface area contributed by atoms with Crippen molar-refractivity contribution in [2.75, 3.05) is 23.7 Å².